The SMILES string of the molecule is Cc1c(-n2c3ccc(-c4ncccn4)cc3c3cc(-c4ncccn4)ccc32)c(-n2c3ccccc3c3ccccc32)c(C#N)c(-n2c3ccccc3c3ccccc32)c1-n1c2ccc(-c3ncccn3)cc2c2cc(-c3ncccn3)ccc21. The molecule has 0 amide bonds. The van der Waals surface area contributed by atoms with Gasteiger partial charge in [-0.25, -0.2) is 39.9 Å². The number of rotatable bonds is 8. The van der Waals surface area contributed by atoms with E-state index in [1.165, 1.54) is 0 Å². The molecule has 9 aromatic carbocycles. The molecule has 13 nitrogen and oxygen atoms in total. The van der Waals surface area contributed by atoms with Crippen LogP contribution in [0.25, 0.3) is 156 Å². The number of fused-ring (bicyclic) bond motifs is 12. The van der Waals surface area contributed by atoms with Crippen LogP contribution < -0.4 is 0 Å². The molecule has 13 heteroatoms. The Hall–Kier alpha value is -12.0. The largest absolute Gasteiger partial charge is 0.307 e. The van der Waals surface area contributed by atoms with Gasteiger partial charge in [-0.2, -0.15) is 5.26 Å². The van der Waals surface area contributed by atoms with Gasteiger partial charge in [0.15, 0.2) is 23.3 Å². The molecule has 0 N–H and O–H groups in total. The number of hydrogen-bond donors (Lipinski definition) is 0. The highest BCUT2D eigenvalue weighted by Crippen LogP contribution is 2.49. The van der Waals surface area contributed by atoms with Gasteiger partial charge in [-0.15, -0.1) is 0 Å². The molecule has 0 spiro atoms. The van der Waals surface area contributed by atoms with E-state index in [1.54, 1.807) is 49.6 Å². The van der Waals surface area contributed by atoms with Crippen molar-refractivity contribution in [2.45, 2.75) is 6.92 Å². The molecule has 8 heterocycles. The van der Waals surface area contributed by atoms with Gasteiger partial charge >= 0.3 is 0 Å². The molecule has 396 valence electrons. The summed E-state index contributed by atoms with van der Waals surface area (Å²) in [4.78, 5) is 37.8. The summed E-state index contributed by atoms with van der Waals surface area (Å²) in [5.41, 5.74) is 15.3. The summed E-state index contributed by atoms with van der Waals surface area (Å²) in [6.07, 6.45) is 14.2. The van der Waals surface area contributed by atoms with Crippen molar-refractivity contribution >= 4 is 87.2 Å². The van der Waals surface area contributed by atoms with Crippen molar-refractivity contribution in [3.8, 4) is 74.4 Å². The number of benzene rings is 9. The first kappa shape index (κ1) is 47.8. The Balaban J connectivity index is 1.11. The Labute approximate surface area is 484 Å². The third-order valence-corrected chi connectivity index (χ3v) is 16.6. The number of aromatic nitrogens is 12. The van der Waals surface area contributed by atoms with Crippen LogP contribution in [0.15, 0.2) is 244 Å². The minimum Gasteiger partial charge on any atom is -0.307 e. The predicted molar refractivity (Wildman–Crippen MR) is 337 cm³/mol. The molecule has 0 atom stereocenters. The molecule has 0 fully saturated rings. The van der Waals surface area contributed by atoms with Crippen LogP contribution in [-0.4, -0.2) is 58.1 Å². The second-order valence-corrected chi connectivity index (χ2v) is 21.1. The molecule has 8 aromatic heterocycles. The minimum absolute atomic E-state index is 0.464. The summed E-state index contributed by atoms with van der Waals surface area (Å²) in [7, 11) is 0. The highest BCUT2D eigenvalue weighted by atomic mass is 15.1. The van der Waals surface area contributed by atoms with Gasteiger partial charge in [0.1, 0.15) is 11.6 Å². The van der Waals surface area contributed by atoms with Crippen LogP contribution in [0.4, 0.5) is 0 Å². The molecule has 0 aliphatic carbocycles. The van der Waals surface area contributed by atoms with E-state index in [0.29, 0.717) is 28.9 Å². The second-order valence-electron chi connectivity index (χ2n) is 21.1. The minimum atomic E-state index is 0.464. The van der Waals surface area contributed by atoms with Crippen molar-refractivity contribution < 1.29 is 0 Å². The highest BCUT2D eigenvalue weighted by Gasteiger charge is 2.33. The van der Waals surface area contributed by atoms with Crippen LogP contribution in [0.2, 0.25) is 0 Å². The van der Waals surface area contributed by atoms with Gasteiger partial charge in [0.25, 0.3) is 0 Å². The van der Waals surface area contributed by atoms with E-state index >= 15 is 0 Å². The van der Waals surface area contributed by atoms with E-state index in [1.807, 2.05) is 24.3 Å². The van der Waals surface area contributed by atoms with Gasteiger partial charge in [0, 0.05) is 120 Å². The van der Waals surface area contributed by atoms with Crippen LogP contribution >= 0.6 is 0 Å². The lowest BCUT2D eigenvalue weighted by Gasteiger charge is -2.28. The quantitative estimate of drug-likeness (QED) is 0.145. The Kier molecular flexibility index (Phi) is 10.6. The van der Waals surface area contributed by atoms with Crippen LogP contribution in [-0.2, 0) is 0 Å². The third kappa shape index (κ3) is 7.16. The number of nitriles is 1. The van der Waals surface area contributed by atoms with E-state index in [4.69, 9.17) is 39.9 Å². The molecule has 0 bridgehead atoms. The lowest BCUT2D eigenvalue weighted by molar-refractivity contribution is 1.01. The standard InChI is InChI=1S/C72H43N13/c1-43-65(82-61-26-22-44(69-74-30-10-31-75-69)38-52(61)53-39-45(23-27-62(53)82)70-76-32-11-33-77-70)67(84-57-18-6-2-14-48(57)49-15-3-7-19-58(49)84)56(42-73)68(85-59-20-8-4-16-50(59)51-17-5-9-21-60(51)85)66(43)83-63-28-24-46(71-78-34-12-35-79-71)40-54(63)55-41-47(25-29-64(55)83)72-80-36-13-37-81-72/h2-41H,1H3. The first-order valence-corrected chi connectivity index (χ1v) is 27.9. The fraction of sp³-hybridized carbons (Fsp3) is 0.0139. The van der Waals surface area contributed by atoms with E-state index in [2.05, 4.69) is 201 Å². The van der Waals surface area contributed by atoms with Crippen molar-refractivity contribution in [3.63, 3.8) is 0 Å². The van der Waals surface area contributed by atoms with Gasteiger partial charge in [-0.1, -0.05) is 72.8 Å². The lowest BCUT2D eigenvalue weighted by Crippen LogP contribution is -2.16. The number of hydrogen-bond acceptors (Lipinski definition) is 9. The fourth-order valence-electron chi connectivity index (χ4n) is 13.1. The van der Waals surface area contributed by atoms with Crippen LogP contribution in [0.1, 0.15) is 11.1 Å². The maximum atomic E-state index is 12.9. The topological polar surface area (TPSA) is 147 Å². The van der Waals surface area contributed by atoms with Crippen molar-refractivity contribution in [1.29, 1.82) is 5.26 Å². The highest BCUT2D eigenvalue weighted by molar-refractivity contribution is 6.17. The first-order valence-electron chi connectivity index (χ1n) is 27.9. The molecule has 0 aliphatic heterocycles. The van der Waals surface area contributed by atoms with Gasteiger partial charge < -0.3 is 18.3 Å². The molecule has 0 saturated carbocycles. The van der Waals surface area contributed by atoms with Gasteiger partial charge in [0.05, 0.1) is 66.9 Å². The zero-order valence-electron chi connectivity index (χ0n) is 45.4. The maximum Gasteiger partial charge on any atom is 0.159 e. The first-order chi connectivity index (χ1) is 42.1. The molecule has 0 radical (unpaired) electrons. The number of nitrogens with zero attached hydrogens (tertiary/aromatic N) is 13. The van der Waals surface area contributed by atoms with Crippen molar-refractivity contribution in [3.05, 3.63) is 255 Å². The van der Waals surface area contributed by atoms with Crippen LogP contribution in [0.5, 0.6) is 0 Å². The third-order valence-electron chi connectivity index (χ3n) is 16.6. The zero-order valence-corrected chi connectivity index (χ0v) is 45.4. The lowest BCUT2D eigenvalue weighted by atomic mass is 9.99. The average molecular weight is 1090 g/mol. The number of para-hydroxylation sites is 4. The normalized spacial score (nSPS) is 11.8. The summed E-state index contributed by atoms with van der Waals surface area (Å²) < 4.78 is 9.39. The van der Waals surface area contributed by atoms with Crippen molar-refractivity contribution in [1.82, 2.24) is 58.1 Å². The Morgan fingerprint density at radius 2 is 0.506 bits per heavy atom. The Morgan fingerprint density at radius 1 is 0.271 bits per heavy atom. The van der Waals surface area contributed by atoms with E-state index in [0.717, 1.165) is 138 Å². The molecule has 0 saturated heterocycles. The Morgan fingerprint density at radius 3 is 0.765 bits per heavy atom. The van der Waals surface area contributed by atoms with Gasteiger partial charge in [0.2, 0.25) is 0 Å². The van der Waals surface area contributed by atoms with Crippen LogP contribution in [0.3, 0.4) is 0 Å². The molecule has 0 aliphatic rings. The molecular weight excluding hydrogens is 1050 g/mol. The predicted octanol–water partition coefficient (Wildman–Crippen LogP) is 16.1. The molecule has 85 heavy (non-hydrogen) atoms. The average Bonchev–Trinajstić information content (AvgIpc) is 2.45. The summed E-state index contributed by atoms with van der Waals surface area (Å²) in [5.74, 6) is 2.43. The summed E-state index contributed by atoms with van der Waals surface area (Å²) in [6.45, 7) is 2.23. The van der Waals surface area contributed by atoms with E-state index in [-0.39, 0.29) is 0 Å². The zero-order chi connectivity index (χ0) is 56.3. The van der Waals surface area contributed by atoms with Gasteiger partial charge in [-0.3, -0.25) is 0 Å². The van der Waals surface area contributed by atoms with Crippen molar-refractivity contribution in [2.75, 3.05) is 0 Å². The molecule has 17 aromatic rings. The van der Waals surface area contributed by atoms with Gasteiger partial charge in [-0.05, 0) is 128 Å². The monoisotopic (exact) mass is 1090 g/mol. The maximum absolute atomic E-state index is 12.9. The summed E-state index contributed by atoms with van der Waals surface area (Å²) in [6, 6.07) is 70.2. The fourth-order valence-corrected chi connectivity index (χ4v) is 13.1. The van der Waals surface area contributed by atoms with Crippen molar-refractivity contribution in [2.24, 2.45) is 0 Å². The smallest absolute Gasteiger partial charge is 0.159 e. The molecular formula is C72H43N13. The second kappa shape index (κ2) is 18.8. The van der Waals surface area contributed by atoms with E-state index in [9.17, 15) is 5.26 Å². The summed E-state index contributed by atoms with van der Waals surface area (Å²) in [5, 5.41) is 21.0. The molecule has 0 unspecified atom stereocenters. The Bertz CT molecular complexity index is 4980. The van der Waals surface area contributed by atoms with E-state index < -0.39 is 0 Å². The summed E-state index contributed by atoms with van der Waals surface area (Å²) >= 11 is 0. The molecule has 17 rings (SSSR count). The van der Waals surface area contributed by atoms with Crippen LogP contribution in [0, 0.1) is 18.3 Å².